The van der Waals surface area contributed by atoms with Gasteiger partial charge in [-0.1, -0.05) is 0 Å². The molecule has 0 aliphatic heterocycles. The van der Waals surface area contributed by atoms with Gasteiger partial charge in [0, 0.05) is 0 Å². The third-order valence-corrected chi connectivity index (χ3v) is 1.89. The molecule has 1 heterocycles. The molecular formula is C9H5FN4O. The van der Waals surface area contributed by atoms with E-state index in [9.17, 15) is 9.18 Å². The van der Waals surface area contributed by atoms with Crippen LogP contribution in [0.25, 0.3) is 5.69 Å². The summed E-state index contributed by atoms with van der Waals surface area (Å²) in [6, 6.07) is 5.40. The third kappa shape index (κ3) is 1.50. The maximum atomic E-state index is 12.8. The molecule has 0 aliphatic carbocycles. The van der Waals surface area contributed by atoms with Gasteiger partial charge in [-0.05, 0) is 18.2 Å². The van der Waals surface area contributed by atoms with E-state index in [1.165, 1.54) is 18.5 Å². The molecule has 0 saturated carbocycles. The fraction of sp³-hybridized carbons (Fsp3) is 0. The van der Waals surface area contributed by atoms with Gasteiger partial charge < -0.3 is 0 Å². The van der Waals surface area contributed by atoms with E-state index in [2.05, 4.69) is 10.2 Å². The molecule has 1 aromatic heterocycles. The molecule has 0 aliphatic rings. The quantitative estimate of drug-likeness (QED) is 0.737. The van der Waals surface area contributed by atoms with Crippen LogP contribution in [0, 0.1) is 17.1 Å². The lowest BCUT2D eigenvalue weighted by Gasteiger charge is -2.01. The van der Waals surface area contributed by atoms with Crippen molar-refractivity contribution >= 4 is 0 Å². The SMILES string of the molecule is N#Cc1cc(F)ccc1-n1cn[nH]c1=O. The number of hydrogen-bond donors (Lipinski definition) is 1. The van der Waals surface area contributed by atoms with Crippen molar-refractivity contribution in [3.05, 3.63) is 46.4 Å². The van der Waals surface area contributed by atoms with Crippen LogP contribution in [0.3, 0.4) is 0 Å². The Morgan fingerprint density at radius 1 is 1.53 bits per heavy atom. The Morgan fingerprint density at radius 3 is 2.93 bits per heavy atom. The predicted octanol–water partition coefficient (Wildman–Crippen LogP) is 0.571. The summed E-state index contributed by atoms with van der Waals surface area (Å²) in [6.07, 6.45) is 1.23. The Morgan fingerprint density at radius 2 is 2.33 bits per heavy atom. The van der Waals surface area contributed by atoms with Crippen molar-refractivity contribution in [2.24, 2.45) is 0 Å². The number of rotatable bonds is 1. The molecule has 1 aromatic carbocycles. The summed E-state index contributed by atoms with van der Waals surface area (Å²) in [6.45, 7) is 0. The summed E-state index contributed by atoms with van der Waals surface area (Å²) < 4.78 is 14.0. The van der Waals surface area contributed by atoms with Gasteiger partial charge in [0.1, 0.15) is 18.2 Å². The van der Waals surface area contributed by atoms with Gasteiger partial charge >= 0.3 is 5.69 Å². The van der Waals surface area contributed by atoms with Gasteiger partial charge in [-0.25, -0.2) is 18.9 Å². The van der Waals surface area contributed by atoms with Crippen LogP contribution in [-0.4, -0.2) is 14.8 Å². The maximum absolute atomic E-state index is 12.8. The van der Waals surface area contributed by atoms with Crippen molar-refractivity contribution in [2.45, 2.75) is 0 Å². The van der Waals surface area contributed by atoms with Crippen LogP contribution in [0.4, 0.5) is 4.39 Å². The number of benzene rings is 1. The first-order valence-corrected chi connectivity index (χ1v) is 4.04. The molecular weight excluding hydrogens is 199 g/mol. The van der Waals surface area contributed by atoms with Crippen molar-refractivity contribution < 1.29 is 4.39 Å². The number of aromatic nitrogens is 3. The van der Waals surface area contributed by atoms with Gasteiger partial charge in [0.25, 0.3) is 0 Å². The fourth-order valence-electron chi connectivity index (χ4n) is 1.23. The van der Waals surface area contributed by atoms with Crippen molar-refractivity contribution in [3.8, 4) is 11.8 Å². The van der Waals surface area contributed by atoms with Crippen LogP contribution in [-0.2, 0) is 0 Å². The second-order valence-electron chi connectivity index (χ2n) is 2.80. The van der Waals surface area contributed by atoms with Gasteiger partial charge in [-0.3, -0.25) is 0 Å². The lowest BCUT2D eigenvalue weighted by molar-refractivity contribution is 0.626. The van der Waals surface area contributed by atoms with E-state index in [-0.39, 0.29) is 5.56 Å². The minimum atomic E-state index is -0.521. The van der Waals surface area contributed by atoms with Crippen molar-refractivity contribution in [3.63, 3.8) is 0 Å². The number of halogens is 1. The van der Waals surface area contributed by atoms with Gasteiger partial charge in [0.05, 0.1) is 11.3 Å². The van der Waals surface area contributed by atoms with Crippen LogP contribution >= 0.6 is 0 Å². The minimum absolute atomic E-state index is 0.0819. The minimum Gasteiger partial charge on any atom is -0.248 e. The van der Waals surface area contributed by atoms with Gasteiger partial charge in [-0.15, -0.1) is 0 Å². The molecule has 0 amide bonds. The summed E-state index contributed by atoms with van der Waals surface area (Å²) in [7, 11) is 0. The zero-order valence-electron chi connectivity index (χ0n) is 7.44. The molecule has 1 N–H and O–H groups in total. The fourth-order valence-corrected chi connectivity index (χ4v) is 1.23. The van der Waals surface area contributed by atoms with Crippen LogP contribution in [0.2, 0.25) is 0 Å². The van der Waals surface area contributed by atoms with Crippen LogP contribution in [0.15, 0.2) is 29.3 Å². The van der Waals surface area contributed by atoms with E-state index >= 15 is 0 Å². The highest BCUT2D eigenvalue weighted by atomic mass is 19.1. The molecule has 2 aromatic rings. The third-order valence-electron chi connectivity index (χ3n) is 1.89. The van der Waals surface area contributed by atoms with Crippen LogP contribution in [0.5, 0.6) is 0 Å². The molecule has 2 rings (SSSR count). The van der Waals surface area contributed by atoms with E-state index in [0.717, 1.165) is 10.6 Å². The first-order valence-electron chi connectivity index (χ1n) is 4.04. The Balaban J connectivity index is 2.70. The number of H-pyrrole nitrogens is 1. The highest BCUT2D eigenvalue weighted by Gasteiger charge is 2.07. The molecule has 74 valence electrons. The lowest BCUT2D eigenvalue weighted by atomic mass is 10.2. The first kappa shape index (κ1) is 9.15. The molecule has 0 spiro atoms. The molecule has 6 heteroatoms. The number of nitrogens with zero attached hydrogens (tertiary/aromatic N) is 3. The predicted molar refractivity (Wildman–Crippen MR) is 48.9 cm³/mol. The van der Waals surface area contributed by atoms with E-state index in [4.69, 9.17) is 5.26 Å². The average Bonchev–Trinajstić information content (AvgIpc) is 2.64. The van der Waals surface area contributed by atoms with E-state index in [1.807, 2.05) is 6.07 Å². The maximum Gasteiger partial charge on any atom is 0.347 e. The van der Waals surface area contributed by atoms with E-state index in [0.29, 0.717) is 5.69 Å². The summed E-state index contributed by atoms with van der Waals surface area (Å²) in [5.41, 5.74) is -0.0886. The molecule has 0 radical (unpaired) electrons. The number of nitriles is 1. The zero-order valence-corrected chi connectivity index (χ0v) is 7.44. The van der Waals surface area contributed by atoms with E-state index < -0.39 is 11.5 Å². The normalized spacial score (nSPS) is 9.87. The molecule has 0 saturated heterocycles. The molecule has 0 atom stereocenters. The van der Waals surface area contributed by atoms with Gasteiger partial charge in [0.2, 0.25) is 0 Å². The Kier molecular flexibility index (Phi) is 2.06. The van der Waals surface area contributed by atoms with Crippen molar-refractivity contribution in [1.29, 1.82) is 5.26 Å². The smallest absolute Gasteiger partial charge is 0.248 e. The molecule has 0 unspecified atom stereocenters. The largest absolute Gasteiger partial charge is 0.347 e. The summed E-state index contributed by atoms with van der Waals surface area (Å²) in [4.78, 5) is 11.2. The highest BCUT2D eigenvalue weighted by molar-refractivity contribution is 5.48. The molecule has 0 bridgehead atoms. The number of hydrogen-bond acceptors (Lipinski definition) is 3. The lowest BCUT2D eigenvalue weighted by Crippen LogP contribution is -2.15. The van der Waals surface area contributed by atoms with Crippen LogP contribution in [0.1, 0.15) is 5.56 Å². The summed E-state index contributed by atoms with van der Waals surface area (Å²) >= 11 is 0. The summed E-state index contributed by atoms with van der Waals surface area (Å²) in [5, 5.41) is 14.5. The second kappa shape index (κ2) is 3.38. The standard InChI is InChI=1S/C9H5FN4O/c10-7-1-2-8(6(3-7)4-11)14-5-12-13-9(14)15/h1-3,5H,(H,13,15). The van der Waals surface area contributed by atoms with E-state index in [1.54, 1.807) is 0 Å². The molecule has 0 fully saturated rings. The highest BCUT2D eigenvalue weighted by Crippen LogP contribution is 2.12. The van der Waals surface area contributed by atoms with Crippen molar-refractivity contribution in [2.75, 3.05) is 0 Å². The van der Waals surface area contributed by atoms with Crippen molar-refractivity contribution in [1.82, 2.24) is 14.8 Å². The second-order valence-corrected chi connectivity index (χ2v) is 2.80. The number of aromatic amines is 1. The Labute approximate surface area is 83.4 Å². The molecule has 5 nitrogen and oxygen atoms in total. The number of nitrogens with one attached hydrogen (secondary N) is 1. The van der Waals surface area contributed by atoms with Crippen LogP contribution < -0.4 is 5.69 Å². The van der Waals surface area contributed by atoms with Gasteiger partial charge in [0.15, 0.2) is 0 Å². The summed E-state index contributed by atoms with van der Waals surface area (Å²) in [5.74, 6) is -0.521. The zero-order chi connectivity index (χ0) is 10.8. The molecule has 15 heavy (non-hydrogen) atoms. The average molecular weight is 204 g/mol. The topological polar surface area (TPSA) is 74.5 Å². The Bertz CT molecular complexity index is 593. The Hall–Kier alpha value is -2.42. The van der Waals surface area contributed by atoms with Gasteiger partial charge in [-0.2, -0.15) is 10.4 Å². The first-order chi connectivity index (χ1) is 7.22. The monoisotopic (exact) mass is 204 g/mol.